The third-order valence-corrected chi connectivity index (χ3v) is 5.03. The number of carbonyl (C=O) groups is 1. The molecule has 2 fully saturated rings. The molecule has 1 amide bonds. The van der Waals surface area contributed by atoms with Gasteiger partial charge in [-0.2, -0.15) is 5.10 Å². The largest absolute Gasteiger partial charge is 0.353 e. The number of aromatic nitrogens is 2. The normalized spacial score (nSPS) is 22.7. The van der Waals surface area contributed by atoms with Crippen molar-refractivity contribution >= 4 is 18.3 Å². The van der Waals surface area contributed by atoms with E-state index in [-0.39, 0.29) is 18.3 Å². The molecule has 0 radical (unpaired) electrons. The minimum Gasteiger partial charge on any atom is -0.353 e. The van der Waals surface area contributed by atoms with Gasteiger partial charge in [0.05, 0.1) is 0 Å². The molecule has 21 heavy (non-hydrogen) atoms. The Kier molecular flexibility index (Phi) is 4.94. The number of halogens is 1. The second kappa shape index (κ2) is 6.36. The summed E-state index contributed by atoms with van der Waals surface area (Å²) in [5.41, 5.74) is -0.192. The number of nitrogens with one attached hydrogen (secondary N) is 2. The zero-order chi connectivity index (χ0) is 14.1. The average Bonchev–Trinajstić information content (AvgIpc) is 2.98. The Morgan fingerprint density at radius 1 is 1.33 bits per heavy atom. The third-order valence-electron chi connectivity index (χ3n) is 5.03. The Labute approximate surface area is 132 Å². The van der Waals surface area contributed by atoms with Gasteiger partial charge in [-0.3, -0.25) is 9.48 Å². The van der Waals surface area contributed by atoms with E-state index in [0.29, 0.717) is 5.41 Å². The van der Waals surface area contributed by atoms with Crippen LogP contribution in [0.5, 0.6) is 0 Å². The number of hydrogen-bond acceptors (Lipinski definition) is 3. The van der Waals surface area contributed by atoms with E-state index in [1.165, 1.54) is 19.3 Å². The first-order valence-electron chi connectivity index (χ1n) is 7.64. The summed E-state index contributed by atoms with van der Waals surface area (Å²) < 4.78 is 1.85. The monoisotopic (exact) mass is 312 g/mol. The zero-order valence-electron chi connectivity index (χ0n) is 12.6. The van der Waals surface area contributed by atoms with Gasteiger partial charge in [-0.1, -0.05) is 13.3 Å². The molecule has 0 atom stereocenters. The van der Waals surface area contributed by atoms with Gasteiger partial charge in [0.25, 0.3) is 0 Å². The molecule has 1 saturated carbocycles. The highest BCUT2D eigenvalue weighted by molar-refractivity contribution is 5.85. The van der Waals surface area contributed by atoms with Crippen LogP contribution in [0.1, 0.15) is 39.0 Å². The van der Waals surface area contributed by atoms with Crippen LogP contribution >= 0.6 is 12.4 Å². The second-order valence-corrected chi connectivity index (χ2v) is 6.58. The quantitative estimate of drug-likeness (QED) is 0.889. The van der Waals surface area contributed by atoms with Crippen LogP contribution in [0, 0.1) is 5.41 Å². The summed E-state index contributed by atoms with van der Waals surface area (Å²) >= 11 is 0. The molecule has 1 aromatic rings. The molecule has 1 aliphatic heterocycles. The maximum Gasteiger partial charge on any atom is 0.248 e. The molecule has 6 heteroatoms. The van der Waals surface area contributed by atoms with E-state index in [4.69, 9.17) is 0 Å². The van der Waals surface area contributed by atoms with Crippen LogP contribution < -0.4 is 10.6 Å². The van der Waals surface area contributed by atoms with Crippen LogP contribution in [-0.4, -0.2) is 35.3 Å². The van der Waals surface area contributed by atoms with Gasteiger partial charge < -0.3 is 10.6 Å². The molecule has 1 aromatic heterocycles. The number of carbonyl (C=O) groups excluding carboxylic acids is 1. The number of rotatable bonds is 4. The van der Waals surface area contributed by atoms with E-state index in [1.807, 2.05) is 16.9 Å². The molecule has 0 aromatic carbocycles. The average molecular weight is 313 g/mol. The minimum atomic E-state index is -0.505. The standard InChI is InChI=1S/C15H24N4O.ClH/c1-14(4-2-5-14)12-17-13(20)15(6-9-16-10-7-15)19-11-3-8-18-19;/h3,8,11,16H,2,4-7,9-10,12H2,1H3,(H,17,20);1H. The van der Waals surface area contributed by atoms with Gasteiger partial charge in [-0.05, 0) is 50.3 Å². The highest BCUT2D eigenvalue weighted by atomic mass is 35.5. The lowest BCUT2D eigenvalue weighted by atomic mass is 9.70. The first kappa shape index (κ1) is 16.3. The summed E-state index contributed by atoms with van der Waals surface area (Å²) in [6.45, 7) is 4.79. The molecule has 3 rings (SSSR count). The molecule has 0 bridgehead atoms. The summed E-state index contributed by atoms with van der Waals surface area (Å²) in [4.78, 5) is 12.8. The van der Waals surface area contributed by atoms with Crippen molar-refractivity contribution in [1.29, 1.82) is 0 Å². The van der Waals surface area contributed by atoms with Gasteiger partial charge >= 0.3 is 0 Å². The Hall–Kier alpha value is -1.07. The predicted octanol–water partition coefficient (Wildman–Crippen LogP) is 1.69. The van der Waals surface area contributed by atoms with Gasteiger partial charge in [0.1, 0.15) is 5.54 Å². The molecule has 2 N–H and O–H groups in total. The van der Waals surface area contributed by atoms with Crippen molar-refractivity contribution in [1.82, 2.24) is 20.4 Å². The first-order chi connectivity index (χ1) is 9.65. The third kappa shape index (κ3) is 3.09. The van der Waals surface area contributed by atoms with Crippen LogP contribution in [0.4, 0.5) is 0 Å². The van der Waals surface area contributed by atoms with Gasteiger partial charge in [0.15, 0.2) is 0 Å². The van der Waals surface area contributed by atoms with Crippen molar-refractivity contribution in [2.45, 2.75) is 44.6 Å². The van der Waals surface area contributed by atoms with Gasteiger partial charge in [0.2, 0.25) is 5.91 Å². The SMILES string of the molecule is CC1(CNC(=O)C2(n3cccn3)CCNCC2)CCC1.Cl. The van der Waals surface area contributed by atoms with Crippen LogP contribution in [-0.2, 0) is 10.3 Å². The molecular weight excluding hydrogens is 288 g/mol. The van der Waals surface area contributed by atoms with Crippen molar-refractivity contribution in [3.63, 3.8) is 0 Å². The topological polar surface area (TPSA) is 59.0 Å². The van der Waals surface area contributed by atoms with Crippen molar-refractivity contribution in [2.75, 3.05) is 19.6 Å². The molecular formula is C15H25ClN4O. The second-order valence-electron chi connectivity index (χ2n) is 6.58. The Morgan fingerprint density at radius 2 is 2.05 bits per heavy atom. The van der Waals surface area contributed by atoms with E-state index in [1.54, 1.807) is 6.20 Å². The number of piperidine rings is 1. The Bertz CT molecular complexity index is 464. The van der Waals surface area contributed by atoms with Crippen molar-refractivity contribution in [3.8, 4) is 0 Å². The lowest BCUT2D eigenvalue weighted by Crippen LogP contribution is -2.56. The fourth-order valence-corrected chi connectivity index (χ4v) is 3.34. The lowest BCUT2D eigenvalue weighted by Gasteiger charge is -2.41. The molecule has 0 spiro atoms. The first-order valence-corrected chi connectivity index (χ1v) is 7.64. The van der Waals surface area contributed by atoms with Gasteiger partial charge in [0, 0.05) is 18.9 Å². The van der Waals surface area contributed by atoms with Crippen molar-refractivity contribution in [3.05, 3.63) is 18.5 Å². The van der Waals surface area contributed by atoms with Crippen molar-refractivity contribution < 1.29 is 4.79 Å². The van der Waals surface area contributed by atoms with Gasteiger partial charge in [-0.25, -0.2) is 0 Å². The highest BCUT2D eigenvalue weighted by Crippen LogP contribution is 2.39. The van der Waals surface area contributed by atoms with Crippen LogP contribution in [0.2, 0.25) is 0 Å². The van der Waals surface area contributed by atoms with Crippen LogP contribution in [0.15, 0.2) is 18.5 Å². The van der Waals surface area contributed by atoms with Crippen LogP contribution in [0.25, 0.3) is 0 Å². The molecule has 1 saturated heterocycles. The smallest absolute Gasteiger partial charge is 0.248 e. The highest BCUT2D eigenvalue weighted by Gasteiger charge is 2.43. The molecule has 2 heterocycles. The summed E-state index contributed by atoms with van der Waals surface area (Å²) in [6, 6.07) is 1.89. The van der Waals surface area contributed by atoms with Crippen LogP contribution in [0.3, 0.4) is 0 Å². The van der Waals surface area contributed by atoms with E-state index in [9.17, 15) is 4.79 Å². The van der Waals surface area contributed by atoms with E-state index < -0.39 is 5.54 Å². The van der Waals surface area contributed by atoms with E-state index in [2.05, 4.69) is 22.7 Å². The Balaban J connectivity index is 0.00000161. The number of nitrogens with zero attached hydrogens (tertiary/aromatic N) is 2. The lowest BCUT2D eigenvalue weighted by molar-refractivity contribution is -0.132. The van der Waals surface area contributed by atoms with E-state index in [0.717, 1.165) is 32.5 Å². The number of amides is 1. The minimum absolute atomic E-state index is 0. The zero-order valence-corrected chi connectivity index (χ0v) is 13.4. The fourth-order valence-electron chi connectivity index (χ4n) is 3.34. The molecule has 1 aliphatic carbocycles. The predicted molar refractivity (Wildman–Crippen MR) is 84.5 cm³/mol. The Morgan fingerprint density at radius 3 is 2.57 bits per heavy atom. The van der Waals surface area contributed by atoms with E-state index >= 15 is 0 Å². The maximum absolute atomic E-state index is 12.8. The molecule has 5 nitrogen and oxygen atoms in total. The molecule has 0 unspecified atom stereocenters. The number of hydrogen-bond donors (Lipinski definition) is 2. The summed E-state index contributed by atoms with van der Waals surface area (Å²) in [5, 5.41) is 10.9. The van der Waals surface area contributed by atoms with Gasteiger partial charge in [-0.15, -0.1) is 12.4 Å². The fraction of sp³-hybridized carbons (Fsp3) is 0.733. The molecule has 2 aliphatic rings. The summed E-state index contributed by atoms with van der Waals surface area (Å²) in [7, 11) is 0. The summed E-state index contributed by atoms with van der Waals surface area (Å²) in [6.07, 6.45) is 9.02. The summed E-state index contributed by atoms with van der Waals surface area (Å²) in [5.74, 6) is 0.135. The van der Waals surface area contributed by atoms with Crippen molar-refractivity contribution in [2.24, 2.45) is 5.41 Å². The maximum atomic E-state index is 12.8. The molecule has 118 valence electrons.